The summed E-state index contributed by atoms with van der Waals surface area (Å²) in [7, 11) is 1.59. The monoisotopic (exact) mass is 256 g/mol. The molecule has 0 atom stereocenters. The molecule has 0 aliphatic carbocycles. The number of methoxy groups -OCH3 is 1. The third-order valence-corrected chi connectivity index (χ3v) is 2.12. The Balaban J connectivity index is 2.83. The highest BCUT2D eigenvalue weighted by Gasteiger charge is 2.11. The van der Waals surface area contributed by atoms with Gasteiger partial charge >= 0.3 is 0 Å². The Hall–Kier alpha value is -1.65. The summed E-state index contributed by atoms with van der Waals surface area (Å²) in [5.41, 5.74) is 5.48. The van der Waals surface area contributed by atoms with Crippen LogP contribution in [-0.4, -0.2) is 41.8 Å². The number of hydrogen-bond donors (Lipinski definition) is 1. The van der Waals surface area contributed by atoms with Gasteiger partial charge in [0.1, 0.15) is 0 Å². The van der Waals surface area contributed by atoms with Gasteiger partial charge in [-0.2, -0.15) is 20.2 Å². The van der Waals surface area contributed by atoms with Crippen LogP contribution in [0.5, 0.6) is 0 Å². The number of nitrogens with two attached hydrogens (primary N) is 1. The molecule has 0 aliphatic heterocycles. The molecule has 17 heavy (non-hydrogen) atoms. The van der Waals surface area contributed by atoms with E-state index in [1.807, 2.05) is 0 Å². The zero-order chi connectivity index (χ0) is 12.7. The molecule has 1 heterocycles. The molecule has 1 rings (SSSR count). The van der Waals surface area contributed by atoms with Crippen LogP contribution in [0.25, 0.3) is 0 Å². The van der Waals surface area contributed by atoms with Crippen LogP contribution in [0, 0.1) is 11.3 Å². The number of nitriles is 1. The van der Waals surface area contributed by atoms with Gasteiger partial charge in [-0.05, 0) is 11.6 Å². The van der Waals surface area contributed by atoms with Gasteiger partial charge in [-0.25, -0.2) is 0 Å². The second-order valence-corrected chi connectivity index (χ2v) is 3.49. The number of anilines is 2. The van der Waals surface area contributed by atoms with Crippen molar-refractivity contribution in [3.63, 3.8) is 0 Å². The third-order valence-electron chi connectivity index (χ3n) is 1.96. The Labute approximate surface area is 104 Å². The topological polar surface area (TPSA) is 101 Å². The molecule has 0 aliphatic rings. The number of nitrogen functional groups attached to an aromatic ring is 1. The maximum absolute atomic E-state index is 8.58. The molecule has 0 radical (unpaired) electrons. The van der Waals surface area contributed by atoms with Gasteiger partial charge in [0.25, 0.3) is 0 Å². The van der Waals surface area contributed by atoms with Crippen molar-refractivity contribution in [2.24, 2.45) is 0 Å². The Kier molecular flexibility index (Phi) is 5.39. The zero-order valence-corrected chi connectivity index (χ0v) is 10.2. The second-order valence-electron chi connectivity index (χ2n) is 3.15. The molecule has 8 heteroatoms. The van der Waals surface area contributed by atoms with Crippen molar-refractivity contribution in [3.05, 3.63) is 5.28 Å². The Morgan fingerprint density at radius 2 is 2.18 bits per heavy atom. The molecule has 0 saturated carbocycles. The third kappa shape index (κ3) is 4.38. The maximum atomic E-state index is 8.58. The summed E-state index contributed by atoms with van der Waals surface area (Å²) < 4.78 is 4.97. The molecular formula is C9H13ClN6O. The van der Waals surface area contributed by atoms with Crippen LogP contribution in [0.2, 0.25) is 5.28 Å². The number of halogens is 1. The number of aromatic nitrogens is 3. The molecule has 92 valence electrons. The van der Waals surface area contributed by atoms with Crippen molar-refractivity contribution in [1.29, 1.82) is 5.26 Å². The molecule has 0 saturated heterocycles. The van der Waals surface area contributed by atoms with Crippen molar-refractivity contribution >= 4 is 23.5 Å². The highest BCUT2D eigenvalue weighted by molar-refractivity contribution is 6.28. The number of hydrogen-bond acceptors (Lipinski definition) is 7. The van der Waals surface area contributed by atoms with E-state index in [-0.39, 0.29) is 11.2 Å². The van der Waals surface area contributed by atoms with Crippen molar-refractivity contribution in [2.75, 3.05) is 37.4 Å². The van der Waals surface area contributed by atoms with E-state index >= 15 is 0 Å². The average Bonchev–Trinajstić information content (AvgIpc) is 2.28. The lowest BCUT2D eigenvalue weighted by Gasteiger charge is -2.20. The first-order valence-corrected chi connectivity index (χ1v) is 5.33. The minimum absolute atomic E-state index is 0.0341. The zero-order valence-electron chi connectivity index (χ0n) is 9.43. The lowest BCUT2D eigenvalue weighted by atomic mass is 10.4. The van der Waals surface area contributed by atoms with E-state index in [1.54, 1.807) is 12.0 Å². The van der Waals surface area contributed by atoms with E-state index in [4.69, 9.17) is 27.3 Å². The fourth-order valence-corrected chi connectivity index (χ4v) is 1.36. The molecule has 2 N–H and O–H groups in total. The van der Waals surface area contributed by atoms with Gasteiger partial charge in [-0.1, -0.05) is 0 Å². The number of ether oxygens (including phenoxy) is 1. The van der Waals surface area contributed by atoms with E-state index in [0.717, 1.165) is 0 Å². The van der Waals surface area contributed by atoms with Crippen LogP contribution in [0.3, 0.4) is 0 Å². The van der Waals surface area contributed by atoms with Crippen LogP contribution in [0.15, 0.2) is 0 Å². The standard InChI is InChI=1S/C9H13ClN6O/c1-17-6-5-16(4-2-3-11)9-14-7(10)13-8(12)15-9/h2,4-6H2,1H3,(H2,12,13,14,15). The summed E-state index contributed by atoms with van der Waals surface area (Å²) >= 11 is 5.70. The lowest BCUT2D eigenvalue weighted by Crippen LogP contribution is -2.30. The summed E-state index contributed by atoms with van der Waals surface area (Å²) in [6.07, 6.45) is 0.354. The fraction of sp³-hybridized carbons (Fsp3) is 0.556. The van der Waals surface area contributed by atoms with Gasteiger partial charge in [0.2, 0.25) is 17.2 Å². The van der Waals surface area contributed by atoms with Crippen molar-refractivity contribution in [1.82, 2.24) is 15.0 Å². The quantitative estimate of drug-likeness (QED) is 0.789. The highest BCUT2D eigenvalue weighted by atomic mass is 35.5. The first-order chi connectivity index (χ1) is 8.17. The first kappa shape index (κ1) is 13.4. The van der Waals surface area contributed by atoms with Crippen molar-refractivity contribution < 1.29 is 4.74 Å². The molecule has 7 nitrogen and oxygen atoms in total. The molecule has 0 unspecified atom stereocenters. The summed E-state index contributed by atoms with van der Waals surface area (Å²) in [6.45, 7) is 1.53. The minimum Gasteiger partial charge on any atom is -0.383 e. The van der Waals surface area contributed by atoms with Gasteiger partial charge in [0, 0.05) is 20.2 Å². The van der Waals surface area contributed by atoms with Gasteiger partial charge in [0.05, 0.1) is 19.1 Å². The van der Waals surface area contributed by atoms with Crippen LogP contribution in [-0.2, 0) is 4.74 Å². The number of nitrogens with zero attached hydrogens (tertiary/aromatic N) is 5. The Morgan fingerprint density at radius 3 is 2.76 bits per heavy atom. The van der Waals surface area contributed by atoms with E-state index in [0.29, 0.717) is 32.1 Å². The molecule has 1 aromatic rings. The molecule has 0 amide bonds. The van der Waals surface area contributed by atoms with Crippen molar-refractivity contribution in [3.8, 4) is 6.07 Å². The molecule has 0 fully saturated rings. The van der Waals surface area contributed by atoms with Crippen LogP contribution in [0.1, 0.15) is 6.42 Å². The van der Waals surface area contributed by atoms with E-state index in [9.17, 15) is 0 Å². The van der Waals surface area contributed by atoms with Crippen molar-refractivity contribution in [2.45, 2.75) is 6.42 Å². The van der Waals surface area contributed by atoms with Gasteiger partial charge in [-0.15, -0.1) is 0 Å². The largest absolute Gasteiger partial charge is 0.383 e. The molecule has 0 spiro atoms. The van der Waals surface area contributed by atoms with E-state index in [2.05, 4.69) is 21.0 Å². The molecule has 0 bridgehead atoms. The van der Waals surface area contributed by atoms with Gasteiger partial charge in [0.15, 0.2) is 0 Å². The minimum atomic E-state index is 0.0341. The summed E-state index contributed by atoms with van der Waals surface area (Å²) in [5.74, 6) is 0.411. The first-order valence-electron chi connectivity index (χ1n) is 4.95. The van der Waals surface area contributed by atoms with E-state index in [1.165, 1.54) is 0 Å². The number of rotatable bonds is 6. The predicted octanol–water partition coefficient (Wildman–Crippen LogP) is 0.474. The summed E-state index contributed by atoms with van der Waals surface area (Å²) in [5, 5.41) is 8.62. The average molecular weight is 257 g/mol. The highest BCUT2D eigenvalue weighted by Crippen LogP contribution is 2.12. The van der Waals surface area contributed by atoms with Crippen LogP contribution < -0.4 is 10.6 Å². The smallest absolute Gasteiger partial charge is 0.231 e. The Bertz CT molecular complexity index is 387. The predicted molar refractivity (Wildman–Crippen MR) is 63.6 cm³/mol. The maximum Gasteiger partial charge on any atom is 0.231 e. The summed E-state index contributed by atoms with van der Waals surface area (Å²) in [4.78, 5) is 13.4. The molecular weight excluding hydrogens is 244 g/mol. The van der Waals surface area contributed by atoms with Crippen LogP contribution >= 0.6 is 11.6 Å². The lowest BCUT2D eigenvalue weighted by molar-refractivity contribution is 0.205. The Morgan fingerprint density at radius 1 is 1.41 bits per heavy atom. The second kappa shape index (κ2) is 6.83. The SMILES string of the molecule is COCCN(CCC#N)c1nc(N)nc(Cl)n1. The van der Waals surface area contributed by atoms with Gasteiger partial charge in [-0.3, -0.25) is 0 Å². The fourth-order valence-electron chi connectivity index (χ4n) is 1.19. The molecule has 0 aromatic carbocycles. The molecule has 1 aromatic heterocycles. The van der Waals surface area contributed by atoms with E-state index < -0.39 is 0 Å². The normalized spacial score (nSPS) is 9.94. The summed E-state index contributed by atoms with van der Waals surface area (Å²) in [6, 6.07) is 2.06. The van der Waals surface area contributed by atoms with Gasteiger partial charge < -0.3 is 15.4 Å². The van der Waals surface area contributed by atoms with Crippen LogP contribution in [0.4, 0.5) is 11.9 Å².